The van der Waals surface area contributed by atoms with Gasteiger partial charge in [0, 0.05) is 12.6 Å². The number of aromatic carboxylic acids is 1. The molecule has 1 atom stereocenters. The van der Waals surface area contributed by atoms with Crippen LogP contribution in [-0.4, -0.2) is 31.7 Å². The van der Waals surface area contributed by atoms with E-state index in [1.54, 1.807) is 6.07 Å². The third-order valence-electron chi connectivity index (χ3n) is 6.80. The Hall–Kier alpha value is -3.26. The van der Waals surface area contributed by atoms with Gasteiger partial charge in [-0.15, -0.1) is 0 Å². The van der Waals surface area contributed by atoms with E-state index in [1.807, 2.05) is 41.8 Å². The van der Waals surface area contributed by atoms with Crippen LogP contribution < -0.4 is 5.32 Å². The summed E-state index contributed by atoms with van der Waals surface area (Å²) in [5, 5.41) is 13.2. The average Bonchev–Trinajstić information content (AvgIpc) is 3.13. The zero-order valence-corrected chi connectivity index (χ0v) is 21.1. The first-order valence-electron chi connectivity index (χ1n) is 11.7. The Bertz CT molecular complexity index is 1430. The van der Waals surface area contributed by atoms with Crippen LogP contribution in [0.5, 0.6) is 0 Å². The number of anilines is 1. The fraction of sp³-hybridized carbons (Fsp3) is 0.296. The number of carboxylic acids is 1. The second-order valence-electron chi connectivity index (χ2n) is 9.29. The van der Waals surface area contributed by atoms with Crippen LogP contribution in [0.3, 0.4) is 0 Å². The van der Waals surface area contributed by atoms with Crippen molar-refractivity contribution in [2.45, 2.75) is 45.7 Å². The van der Waals surface area contributed by atoms with Crippen molar-refractivity contribution in [3.05, 3.63) is 75.8 Å². The van der Waals surface area contributed by atoms with E-state index in [9.17, 15) is 14.3 Å². The number of nitrogens with one attached hydrogen (secondary N) is 1. The third-order valence-corrected chi connectivity index (χ3v) is 7.44. The molecule has 0 spiro atoms. The maximum absolute atomic E-state index is 14.4. The standard InChI is InChI=1S/C27H26BrFN4O2/c1-15-5-3-8-19(11-15)23-13-22-24(33(23)14-17-9-10-20(28)21(29)12-17)25(32-26(31-22)27(34)35)30-16(2)18-6-4-7-18/h3,5,8-13,16,18H,4,6-7,14H2,1-2H3,(H,34,35)(H,30,31,32)/t16-/m1/s1. The Morgan fingerprint density at radius 1 is 1.23 bits per heavy atom. The van der Waals surface area contributed by atoms with E-state index >= 15 is 0 Å². The highest BCUT2D eigenvalue weighted by molar-refractivity contribution is 9.10. The summed E-state index contributed by atoms with van der Waals surface area (Å²) in [6.45, 7) is 4.51. The first kappa shape index (κ1) is 23.5. The first-order chi connectivity index (χ1) is 16.8. The molecule has 1 aliphatic rings. The number of halogens is 2. The summed E-state index contributed by atoms with van der Waals surface area (Å²) < 4.78 is 16.8. The van der Waals surface area contributed by atoms with Gasteiger partial charge in [-0.25, -0.2) is 19.2 Å². The molecule has 5 rings (SSSR count). The first-order valence-corrected chi connectivity index (χ1v) is 12.5. The molecule has 0 aliphatic heterocycles. The van der Waals surface area contributed by atoms with Gasteiger partial charge in [-0.3, -0.25) is 0 Å². The molecule has 6 nitrogen and oxygen atoms in total. The Labute approximate surface area is 211 Å². The second-order valence-corrected chi connectivity index (χ2v) is 10.1. The van der Waals surface area contributed by atoms with Crippen molar-refractivity contribution in [1.29, 1.82) is 0 Å². The van der Waals surface area contributed by atoms with Crippen molar-refractivity contribution in [1.82, 2.24) is 14.5 Å². The zero-order chi connectivity index (χ0) is 24.7. The molecule has 1 saturated carbocycles. The quantitative estimate of drug-likeness (QED) is 0.276. The number of aromatic nitrogens is 3. The van der Waals surface area contributed by atoms with Crippen molar-refractivity contribution in [2.75, 3.05) is 5.32 Å². The lowest BCUT2D eigenvalue weighted by atomic mass is 9.80. The zero-order valence-electron chi connectivity index (χ0n) is 19.6. The lowest BCUT2D eigenvalue weighted by Crippen LogP contribution is -2.31. The number of nitrogens with zero attached hydrogens (tertiary/aromatic N) is 3. The van der Waals surface area contributed by atoms with E-state index in [2.05, 4.69) is 44.2 Å². The minimum atomic E-state index is -1.17. The Kier molecular flexibility index (Phi) is 6.32. The molecule has 0 saturated heterocycles. The maximum atomic E-state index is 14.4. The van der Waals surface area contributed by atoms with Gasteiger partial charge < -0.3 is 15.0 Å². The normalized spacial score (nSPS) is 14.6. The number of fused-ring (bicyclic) bond motifs is 1. The summed E-state index contributed by atoms with van der Waals surface area (Å²) in [6, 6.07) is 15.2. The van der Waals surface area contributed by atoms with Crippen molar-refractivity contribution < 1.29 is 14.3 Å². The molecule has 35 heavy (non-hydrogen) atoms. The van der Waals surface area contributed by atoms with E-state index in [0.29, 0.717) is 33.8 Å². The van der Waals surface area contributed by atoms with Crippen molar-refractivity contribution in [3.8, 4) is 11.3 Å². The van der Waals surface area contributed by atoms with Crippen LogP contribution in [0.1, 0.15) is 47.9 Å². The van der Waals surface area contributed by atoms with Gasteiger partial charge in [-0.05, 0) is 83.9 Å². The SMILES string of the molecule is Cc1cccc(-c2cc3nc(C(=O)O)nc(N[C@H](C)C4CCC4)c3n2Cc2ccc(Br)c(F)c2)c1. The van der Waals surface area contributed by atoms with Crippen LogP contribution >= 0.6 is 15.9 Å². The number of hydrogen-bond donors (Lipinski definition) is 2. The summed E-state index contributed by atoms with van der Waals surface area (Å²) in [4.78, 5) is 20.6. The minimum absolute atomic E-state index is 0.138. The van der Waals surface area contributed by atoms with Crippen LogP contribution in [0.2, 0.25) is 0 Å². The summed E-state index contributed by atoms with van der Waals surface area (Å²) in [7, 11) is 0. The molecule has 2 N–H and O–H groups in total. The molecule has 180 valence electrons. The molecule has 4 aromatic rings. The highest BCUT2D eigenvalue weighted by Gasteiger charge is 2.27. The largest absolute Gasteiger partial charge is 0.475 e. The fourth-order valence-electron chi connectivity index (χ4n) is 4.66. The van der Waals surface area contributed by atoms with Gasteiger partial charge in [0.1, 0.15) is 11.3 Å². The van der Waals surface area contributed by atoms with Crippen LogP contribution in [0, 0.1) is 18.7 Å². The molecule has 1 fully saturated rings. The van der Waals surface area contributed by atoms with Crippen LogP contribution in [0.4, 0.5) is 10.2 Å². The van der Waals surface area contributed by atoms with Crippen LogP contribution in [-0.2, 0) is 6.54 Å². The molecule has 2 aromatic heterocycles. The van der Waals surface area contributed by atoms with E-state index < -0.39 is 5.97 Å². The van der Waals surface area contributed by atoms with Crippen LogP contribution in [0.25, 0.3) is 22.3 Å². The number of hydrogen-bond acceptors (Lipinski definition) is 4. The summed E-state index contributed by atoms with van der Waals surface area (Å²) >= 11 is 3.22. The molecular weight excluding hydrogens is 511 g/mol. The monoisotopic (exact) mass is 536 g/mol. The third kappa shape index (κ3) is 4.67. The molecular formula is C27H26BrFN4O2. The highest BCUT2D eigenvalue weighted by atomic mass is 79.9. The van der Waals surface area contributed by atoms with Gasteiger partial charge in [-0.1, -0.05) is 36.2 Å². The molecule has 0 radical (unpaired) electrons. The molecule has 1 aliphatic carbocycles. The van der Waals surface area contributed by atoms with E-state index in [0.717, 1.165) is 35.2 Å². The Balaban J connectivity index is 1.72. The Morgan fingerprint density at radius 2 is 2.03 bits per heavy atom. The molecule has 0 bridgehead atoms. The summed E-state index contributed by atoms with van der Waals surface area (Å²) in [5.74, 6) is -0.747. The molecule has 2 aromatic carbocycles. The highest BCUT2D eigenvalue weighted by Crippen LogP contribution is 2.35. The topological polar surface area (TPSA) is 80.0 Å². The van der Waals surface area contributed by atoms with Crippen LogP contribution in [0.15, 0.2) is 53.0 Å². The Morgan fingerprint density at radius 3 is 2.69 bits per heavy atom. The number of carboxylic acid groups (broad SMARTS) is 1. The van der Waals surface area contributed by atoms with Gasteiger partial charge in [0.15, 0.2) is 5.82 Å². The van der Waals surface area contributed by atoms with Crippen molar-refractivity contribution in [3.63, 3.8) is 0 Å². The molecule has 8 heteroatoms. The second kappa shape index (κ2) is 9.41. The van der Waals surface area contributed by atoms with Gasteiger partial charge in [0.2, 0.25) is 5.82 Å². The number of benzene rings is 2. The van der Waals surface area contributed by atoms with Gasteiger partial charge in [0.25, 0.3) is 0 Å². The number of carbonyl (C=O) groups is 1. The average molecular weight is 537 g/mol. The smallest absolute Gasteiger partial charge is 0.374 e. The van der Waals surface area contributed by atoms with Gasteiger partial charge >= 0.3 is 5.97 Å². The molecule has 0 unspecified atom stereocenters. The van der Waals surface area contributed by atoms with Gasteiger partial charge in [0.05, 0.1) is 15.7 Å². The lowest BCUT2D eigenvalue weighted by Gasteiger charge is -2.32. The van der Waals surface area contributed by atoms with Gasteiger partial charge in [-0.2, -0.15) is 0 Å². The maximum Gasteiger partial charge on any atom is 0.374 e. The number of rotatable bonds is 7. The lowest BCUT2D eigenvalue weighted by molar-refractivity contribution is 0.0684. The predicted octanol–water partition coefficient (Wildman–Crippen LogP) is 6.66. The van der Waals surface area contributed by atoms with E-state index in [1.165, 1.54) is 12.5 Å². The summed E-state index contributed by atoms with van der Waals surface area (Å²) in [6.07, 6.45) is 3.49. The fourth-order valence-corrected chi connectivity index (χ4v) is 4.91. The molecule has 2 heterocycles. The van der Waals surface area contributed by atoms with E-state index in [4.69, 9.17) is 0 Å². The minimum Gasteiger partial charge on any atom is -0.475 e. The predicted molar refractivity (Wildman–Crippen MR) is 138 cm³/mol. The van der Waals surface area contributed by atoms with E-state index in [-0.39, 0.29) is 17.7 Å². The number of aryl methyl sites for hydroxylation is 1. The van der Waals surface area contributed by atoms with Crippen molar-refractivity contribution >= 4 is 38.8 Å². The molecule has 0 amide bonds. The van der Waals surface area contributed by atoms with Crippen molar-refractivity contribution in [2.24, 2.45) is 5.92 Å². The summed E-state index contributed by atoms with van der Waals surface area (Å²) in [5.41, 5.74) is 4.95.